The van der Waals surface area contributed by atoms with Crippen molar-refractivity contribution in [1.82, 2.24) is 4.98 Å². The number of aromatic nitrogens is 1. The molecule has 1 aromatic rings. The monoisotopic (exact) mass is 280 g/mol. The van der Waals surface area contributed by atoms with Crippen molar-refractivity contribution in [3.05, 3.63) is 23.5 Å². The second-order valence-corrected chi connectivity index (χ2v) is 6.44. The highest BCUT2D eigenvalue weighted by Crippen LogP contribution is 2.35. The average Bonchev–Trinajstić information content (AvgIpc) is 2.64. The zero-order chi connectivity index (χ0) is 15.4. The van der Waals surface area contributed by atoms with Crippen LogP contribution in [0.15, 0.2) is 12.3 Å². The summed E-state index contributed by atoms with van der Waals surface area (Å²) in [5.41, 5.74) is 2.93. The van der Waals surface area contributed by atoms with Gasteiger partial charge in [0.2, 0.25) is 0 Å². The molecule has 5 heteroatoms. The number of anilines is 1. The van der Waals surface area contributed by atoms with E-state index >= 15 is 0 Å². The number of aliphatic hydroxyl groups excluding tert-OH is 1. The Morgan fingerprint density at radius 2 is 2.15 bits per heavy atom. The van der Waals surface area contributed by atoms with Gasteiger partial charge in [0.1, 0.15) is 5.60 Å². The van der Waals surface area contributed by atoms with Crippen LogP contribution < -0.4 is 5.32 Å². The van der Waals surface area contributed by atoms with Gasteiger partial charge in [-0.2, -0.15) is 0 Å². The topological polar surface area (TPSA) is 71.5 Å². The summed E-state index contributed by atoms with van der Waals surface area (Å²) in [7, 11) is 0. The van der Waals surface area contributed by atoms with E-state index in [4.69, 9.17) is 5.11 Å². The lowest BCUT2D eigenvalue weighted by Crippen LogP contribution is -2.19. The SMILES string of the molecule is CC(C)(C)OC=O.CC1(C)CNc2cc(CO)ncc21. The van der Waals surface area contributed by atoms with Gasteiger partial charge in [0.25, 0.3) is 6.47 Å². The fraction of sp³-hybridized carbons (Fsp3) is 0.600. The fourth-order valence-electron chi connectivity index (χ4n) is 1.83. The Kier molecular flexibility index (Phi) is 5.11. The van der Waals surface area contributed by atoms with Gasteiger partial charge in [-0.3, -0.25) is 9.78 Å². The molecule has 2 rings (SSSR count). The van der Waals surface area contributed by atoms with Crippen molar-refractivity contribution in [2.24, 2.45) is 0 Å². The molecule has 1 aromatic heterocycles. The van der Waals surface area contributed by atoms with Gasteiger partial charge < -0.3 is 15.2 Å². The molecule has 0 saturated heterocycles. The molecule has 2 heterocycles. The average molecular weight is 280 g/mol. The first-order valence-corrected chi connectivity index (χ1v) is 6.65. The highest BCUT2D eigenvalue weighted by molar-refractivity contribution is 5.59. The molecule has 5 nitrogen and oxygen atoms in total. The third-order valence-electron chi connectivity index (χ3n) is 2.97. The first-order chi connectivity index (χ1) is 9.19. The maximum atomic E-state index is 9.60. The standard InChI is InChI=1S/C10H14N2O.C5H10O2/c1-10(2)6-12-9-3-7(5-13)11-4-8(9)10;1-5(2,3)7-4-6/h3-4,12-13H,5-6H2,1-2H3;4H,1-3H3. The van der Waals surface area contributed by atoms with Crippen molar-refractivity contribution in [2.75, 3.05) is 11.9 Å². The largest absolute Gasteiger partial charge is 0.462 e. The molecule has 0 fully saturated rings. The van der Waals surface area contributed by atoms with E-state index in [0.717, 1.165) is 17.9 Å². The fourth-order valence-corrected chi connectivity index (χ4v) is 1.83. The highest BCUT2D eigenvalue weighted by Gasteiger charge is 2.29. The summed E-state index contributed by atoms with van der Waals surface area (Å²) in [5, 5.41) is 12.2. The number of carbonyl (C=O) groups excluding carboxylic acids is 1. The van der Waals surface area contributed by atoms with Crippen LogP contribution in [0.1, 0.15) is 45.9 Å². The Hall–Kier alpha value is -1.62. The predicted octanol–water partition coefficient (Wildman–Crippen LogP) is 2.23. The molecule has 112 valence electrons. The molecule has 0 saturated carbocycles. The van der Waals surface area contributed by atoms with E-state index in [-0.39, 0.29) is 17.6 Å². The number of carbonyl (C=O) groups is 1. The molecule has 1 aliphatic rings. The Bertz CT molecular complexity index is 465. The number of rotatable bonds is 2. The summed E-state index contributed by atoms with van der Waals surface area (Å²) in [6.45, 7) is 11.2. The second-order valence-electron chi connectivity index (χ2n) is 6.44. The second kappa shape index (κ2) is 6.22. The van der Waals surface area contributed by atoms with Crippen molar-refractivity contribution < 1.29 is 14.6 Å². The summed E-state index contributed by atoms with van der Waals surface area (Å²) in [6.07, 6.45) is 1.86. The Morgan fingerprint density at radius 3 is 2.60 bits per heavy atom. The first kappa shape index (κ1) is 16.4. The summed E-state index contributed by atoms with van der Waals surface area (Å²) in [6, 6.07) is 1.92. The molecule has 0 radical (unpaired) electrons. The molecule has 0 aliphatic carbocycles. The van der Waals surface area contributed by atoms with Crippen LogP contribution in [-0.2, 0) is 21.6 Å². The van der Waals surface area contributed by atoms with Crippen LogP contribution in [0.4, 0.5) is 5.69 Å². The molecule has 20 heavy (non-hydrogen) atoms. The maximum Gasteiger partial charge on any atom is 0.293 e. The Balaban J connectivity index is 0.000000246. The third-order valence-corrected chi connectivity index (χ3v) is 2.97. The number of aliphatic hydroxyl groups is 1. The van der Waals surface area contributed by atoms with Crippen LogP contribution in [0.2, 0.25) is 0 Å². The Labute approximate surface area is 120 Å². The van der Waals surface area contributed by atoms with Gasteiger partial charge in [-0.05, 0) is 26.8 Å². The van der Waals surface area contributed by atoms with Crippen LogP contribution in [-0.4, -0.2) is 28.7 Å². The van der Waals surface area contributed by atoms with Gasteiger partial charge in [-0.1, -0.05) is 13.8 Å². The molecule has 0 unspecified atom stereocenters. The number of ether oxygens (including phenoxy) is 1. The predicted molar refractivity (Wildman–Crippen MR) is 78.6 cm³/mol. The van der Waals surface area contributed by atoms with Gasteiger partial charge >= 0.3 is 0 Å². The Morgan fingerprint density at radius 1 is 1.50 bits per heavy atom. The molecule has 0 atom stereocenters. The summed E-state index contributed by atoms with van der Waals surface area (Å²) in [4.78, 5) is 13.8. The van der Waals surface area contributed by atoms with Crippen LogP contribution in [0.25, 0.3) is 0 Å². The molecular weight excluding hydrogens is 256 g/mol. The molecule has 0 aromatic carbocycles. The van der Waals surface area contributed by atoms with E-state index in [1.54, 1.807) is 0 Å². The van der Waals surface area contributed by atoms with E-state index in [1.165, 1.54) is 5.56 Å². The lowest BCUT2D eigenvalue weighted by Gasteiger charge is -2.16. The number of nitrogens with zero attached hydrogens (tertiary/aromatic N) is 1. The van der Waals surface area contributed by atoms with Crippen molar-refractivity contribution >= 4 is 12.2 Å². The number of pyridine rings is 1. The van der Waals surface area contributed by atoms with Gasteiger partial charge in [0.15, 0.2) is 0 Å². The van der Waals surface area contributed by atoms with Crippen molar-refractivity contribution in [3.63, 3.8) is 0 Å². The smallest absolute Gasteiger partial charge is 0.293 e. The van der Waals surface area contributed by atoms with E-state index in [9.17, 15) is 4.79 Å². The summed E-state index contributed by atoms with van der Waals surface area (Å²) < 4.78 is 4.55. The summed E-state index contributed by atoms with van der Waals surface area (Å²) >= 11 is 0. The lowest BCUT2D eigenvalue weighted by atomic mass is 9.88. The third kappa shape index (κ3) is 4.49. The summed E-state index contributed by atoms with van der Waals surface area (Å²) in [5.74, 6) is 0. The molecule has 0 spiro atoms. The van der Waals surface area contributed by atoms with Gasteiger partial charge in [0, 0.05) is 29.4 Å². The normalized spacial score (nSPS) is 15.5. The van der Waals surface area contributed by atoms with E-state index in [2.05, 4.69) is 28.9 Å². The number of nitrogens with one attached hydrogen (secondary N) is 1. The van der Waals surface area contributed by atoms with Gasteiger partial charge in [0.05, 0.1) is 12.3 Å². The lowest BCUT2D eigenvalue weighted by molar-refractivity contribution is -0.138. The highest BCUT2D eigenvalue weighted by atomic mass is 16.5. The van der Waals surface area contributed by atoms with Crippen molar-refractivity contribution in [3.8, 4) is 0 Å². The van der Waals surface area contributed by atoms with Gasteiger partial charge in [-0.25, -0.2) is 0 Å². The van der Waals surface area contributed by atoms with Crippen LogP contribution in [0, 0.1) is 0 Å². The van der Waals surface area contributed by atoms with Crippen LogP contribution >= 0.6 is 0 Å². The van der Waals surface area contributed by atoms with Crippen LogP contribution in [0.3, 0.4) is 0 Å². The van der Waals surface area contributed by atoms with E-state index < -0.39 is 0 Å². The first-order valence-electron chi connectivity index (χ1n) is 6.65. The molecule has 0 amide bonds. The number of hydrogen-bond acceptors (Lipinski definition) is 5. The minimum Gasteiger partial charge on any atom is -0.462 e. The number of fused-ring (bicyclic) bond motifs is 1. The minimum atomic E-state index is -0.318. The zero-order valence-electron chi connectivity index (χ0n) is 12.9. The van der Waals surface area contributed by atoms with Crippen LogP contribution in [0.5, 0.6) is 0 Å². The van der Waals surface area contributed by atoms with E-state index in [1.807, 2.05) is 33.0 Å². The molecular formula is C15H24N2O3. The number of hydrogen-bond donors (Lipinski definition) is 2. The zero-order valence-corrected chi connectivity index (χ0v) is 12.9. The molecule has 1 aliphatic heterocycles. The maximum absolute atomic E-state index is 9.60. The quantitative estimate of drug-likeness (QED) is 0.813. The van der Waals surface area contributed by atoms with Crippen molar-refractivity contribution in [1.29, 1.82) is 0 Å². The van der Waals surface area contributed by atoms with Gasteiger partial charge in [-0.15, -0.1) is 0 Å². The molecule has 0 bridgehead atoms. The minimum absolute atomic E-state index is 0.00931. The van der Waals surface area contributed by atoms with E-state index in [0.29, 0.717) is 6.47 Å². The molecule has 2 N–H and O–H groups in total. The van der Waals surface area contributed by atoms with Crippen molar-refractivity contribution in [2.45, 2.75) is 52.2 Å².